The van der Waals surface area contributed by atoms with E-state index in [4.69, 9.17) is 0 Å². The van der Waals surface area contributed by atoms with Crippen molar-refractivity contribution in [1.82, 2.24) is 40.8 Å². The molecule has 0 saturated carbocycles. The average Bonchev–Trinajstić information content (AvgIpc) is 3.59. The minimum Gasteiger partial charge on any atom is -0.406 e. The number of hydrogen-bond acceptors (Lipinski definition) is 9. The number of rotatable bonds is 12. The third-order valence-corrected chi connectivity index (χ3v) is 6.48. The minimum absolute atomic E-state index is 0.0724. The summed E-state index contributed by atoms with van der Waals surface area (Å²) in [6.45, 7) is 1.90. The molecule has 16 heteroatoms. The van der Waals surface area contributed by atoms with Crippen LogP contribution in [0.4, 0.5) is 17.6 Å². The summed E-state index contributed by atoms with van der Waals surface area (Å²) in [5.41, 5.74) is 2.00. The van der Waals surface area contributed by atoms with Crippen LogP contribution in [-0.4, -0.2) is 54.5 Å². The van der Waals surface area contributed by atoms with Crippen molar-refractivity contribution in [1.29, 1.82) is 0 Å². The number of amides is 2. The van der Waals surface area contributed by atoms with Crippen LogP contribution in [0.3, 0.4) is 0 Å². The Morgan fingerprint density at radius 1 is 1.05 bits per heavy atom. The maximum atomic E-state index is 14.6. The molecular formula is C25H24F4N8O3S. The largest absolute Gasteiger partial charge is 0.573 e. The van der Waals surface area contributed by atoms with Gasteiger partial charge in [-0.15, -0.1) is 28.5 Å². The maximum Gasteiger partial charge on any atom is 0.573 e. The van der Waals surface area contributed by atoms with Gasteiger partial charge in [-0.05, 0) is 42.7 Å². The zero-order valence-electron chi connectivity index (χ0n) is 21.6. The lowest BCUT2D eigenvalue weighted by molar-refractivity contribution is -0.274. The molecule has 0 aliphatic rings. The second-order valence-corrected chi connectivity index (χ2v) is 9.89. The van der Waals surface area contributed by atoms with Gasteiger partial charge in [0.05, 0.1) is 12.7 Å². The molecule has 3 heterocycles. The molecule has 1 aromatic carbocycles. The highest BCUT2D eigenvalue weighted by atomic mass is 32.1. The molecule has 0 aliphatic heterocycles. The van der Waals surface area contributed by atoms with E-state index in [1.165, 1.54) is 23.0 Å². The fraction of sp³-hybridized carbons (Fsp3) is 0.320. The number of ether oxygens (including phenoxy) is 1. The van der Waals surface area contributed by atoms with E-state index in [0.717, 1.165) is 34.7 Å². The fourth-order valence-corrected chi connectivity index (χ4v) is 4.27. The van der Waals surface area contributed by atoms with Crippen LogP contribution < -0.4 is 15.4 Å². The summed E-state index contributed by atoms with van der Waals surface area (Å²) in [5.74, 6) is -1.43. The number of aromatic nitrogens is 6. The Morgan fingerprint density at radius 2 is 1.83 bits per heavy atom. The summed E-state index contributed by atoms with van der Waals surface area (Å²) < 4.78 is 56.8. The number of carbonyl (C=O) groups is 2. The molecule has 3 aromatic heterocycles. The van der Waals surface area contributed by atoms with Crippen LogP contribution in [0.25, 0.3) is 0 Å². The van der Waals surface area contributed by atoms with Crippen LogP contribution in [0.2, 0.25) is 0 Å². The Morgan fingerprint density at radius 3 is 2.59 bits per heavy atom. The van der Waals surface area contributed by atoms with Crippen molar-refractivity contribution >= 4 is 23.2 Å². The molecular weight excluding hydrogens is 568 g/mol. The summed E-state index contributed by atoms with van der Waals surface area (Å²) in [6.07, 6.45) is -2.92. The molecule has 0 spiro atoms. The molecule has 4 aromatic rings. The molecule has 1 unspecified atom stereocenters. The highest BCUT2D eigenvalue weighted by Crippen LogP contribution is 2.23. The lowest BCUT2D eigenvalue weighted by Crippen LogP contribution is -2.23. The molecule has 11 nitrogen and oxygen atoms in total. The molecule has 216 valence electrons. The first-order chi connectivity index (χ1) is 19.5. The normalized spacial score (nSPS) is 12.1. The number of alkyl halides is 4. The first-order valence-electron chi connectivity index (χ1n) is 12.2. The van der Waals surface area contributed by atoms with Crippen molar-refractivity contribution in [2.75, 3.05) is 0 Å². The van der Waals surface area contributed by atoms with Gasteiger partial charge in [-0.25, -0.2) is 9.07 Å². The molecule has 41 heavy (non-hydrogen) atoms. The van der Waals surface area contributed by atoms with Gasteiger partial charge in [-0.1, -0.05) is 34.7 Å². The summed E-state index contributed by atoms with van der Waals surface area (Å²) in [7, 11) is 0. The van der Waals surface area contributed by atoms with Crippen LogP contribution in [0.5, 0.6) is 5.75 Å². The lowest BCUT2D eigenvalue weighted by atomic mass is 10.2. The van der Waals surface area contributed by atoms with E-state index in [1.807, 2.05) is 19.1 Å². The molecule has 2 amide bonds. The number of halogens is 4. The Bertz CT molecular complexity index is 1480. The van der Waals surface area contributed by atoms with Crippen LogP contribution in [0.15, 0.2) is 48.8 Å². The van der Waals surface area contributed by atoms with E-state index in [9.17, 15) is 27.2 Å². The number of hydrogen-bond donors (Lipinski definition) is 2. The highest BCUT2D eigenvalue weighted by molar-refractivity contribution is 7.13. The molecule has 0 saturated heterocycles. The Kier molecular flexibility index (Phi) is 9.54. The van der Waals surface area contributed by atoms with Gasteiger partial charge in [0, 0.05) is 31.4 Å². The number of nitrogens with zero attached hydrogens (tertiary/aromatic N) is 6. The monoisotopic (exact) mass is 592 g/mol. The molecule has 0 radical (unpaired) electrons. The van der Waals surface area contributed by atoms with Crippen LogP contribution in [-0.2, 0) is 26.1 Å². The third-order valence-electron chi connectivity index (χ3n) is 5.50. The fourth-order valence-electron chi connectivity index (χ4n) is 3.50. The molecule has 0 aliphatic carbocycles. The number of carbonyl (C=O) groups excluding carboxylic acids is 2. The Balaban J connectivity index is 1.20. The predicted octanol–water partition coefficient (Wildman–Crippen LogP) is 3.56. The van der Waals surface area contributed by atoms with Crippen LogP contribution in [0, 0.1) is 6.92 Å². The van der Waals surface area contributed by atoms with E-state index in [0.29, 0.717) is 10.6 Å². The summed E-state index contributed by atoms with van der Waals surface area (Å²) in [4.78, 5) is 28.9. The van der Waals surface area contributed by atoms with Crippen molar-refractivity contribution in [2.45, 2.75) is 51.9 Å². The molecule has 0 fully saturated rings. The molecule has 2 N–H and O–H groups in total. The molecule has 1 atom stereocenters. The highest BCUT2D eigenvalue weighted by Gasteiger charge is 2.31. The Labute approximate surface area is 235 Å². The number of benzene rings is 1. The zero-order valence-corrected chi connectivity index (χ0v) is 22.4. The van der Waals surface area contributed by atoms with Gasteiger partial charge >= 0.3 is 6.36 Å². The average molecular weight is 593 g/mol. The van der Waals surface area contributed by atoms with E-state index in [1.54, 1.807) is 6.20 Å². The van der Waals surface area contributed by atoms with Crippen molar-refractivity contribution in [2.24, 2.45) is 0 Å². The van der Waals surface area contributed by atoms with Crippen molar-refractivity contribution in [3.8, 4) is 5.75 Å². The first-order valence-corrected chi connectivity index (χ1v) is 13.0. The van der Waals surface area contributed by atoms with E-state index in [2.05, 4.69) is 40.9 Å². The van der Waals surface area contributed by atoms with Crippen LogP contribution >= 0.6 is 11.3 Å². The molecule has 4 rings (SSSR count). The summed E-state index contributed by atoms with van der Waals surface area (Å²) >= 11 is 1.07. The summed E-state index contributed by atoms with van der Waals surface area (Å²) in [6, 6.07) is 8.88. The van der Waals surface area contributed by atoms with Gasteiger partial charge in [-0.2, -0.15) is 0 Å². The van der Waals surface area contributed by atoms with E-state index in [-0.39, 0.29) is 49.1 Å². The van der Waals surface area contributed by atoms with Crippen molar-refractivity contribution in [3.63, 3.8) is 0 Å². The second kappa shape index (κ2) is 13.3. The molecule has 0 bridgehead atoms. The van der Waals surface area contributed by atoms with Gasteiger partial charge in [0.1, 0.15) is 16.9 Å². The lowest BCUT2D eigenvalue weighted by Gasteiger charge is -2.10. The van der Waals surface area contributed by atoms with Gasteiger partial charge in [0.15, 0.2) is 5.69 Å². The minimum atomic E-state index is -4.83. The van der Waals surface area contributed by atoms with Crippen LogP contribution in [0.1, 0.15) is 48.5 Å². The van der Waals surface area contributed by atoms with Gasteiger partial charge in [0.25, 0.3) is 11.8 Å². The standard InChI is InChI=1S/C25H24F4N8O3S/c1-15-5-6-17(11-30-15)12-32-23(39)24-35-34-21(41-24)8-7-18(26)13-37-14-20(33-36-37)22(38)31-10-16-3-2-4-19(9-16)40-25(27,28)29/h2-6,9,11,14,18H,7-8,10,12-13H2,1H3,(H,31,38)(H,32,39). The number of nitrogens with one attached hydrogen (secondary N) is 2. The zero-order chi connectivity index (χ0) is 29.4. The second-order valence-electron chi connectivity index (χ2n) is 8.83. The van der Waals surface area contributed by atoms with Gasteiger partial charge in [0.2, 0.25) is 5.01 Å². The topological polar surface area (TPSA) is 137 Å². The first kappa shape index (κ1) is 29.5. The maximum absolute atomic E-state index is 14.6. The quantitative estimate of drug-likeness (QED) is 0.238. The number of pyridine rings is 1. The van der Waals surface area contributed by atoms with Gasteiger partial charge < -0.3 is 15.4 Å². The van der Waals surface area contributed by atoms with E-state index < -0.39 is 24.2 Å². The van der Waals surface area contributed by atoms with E-state index >= 15 is 0 Å². The predicted molar refractivity (Wildman–Crippen MR) is 138 cm³/mol. The smallest absolute Gasteiger partial charge is 0.406 e. The van der Waals surface area contributed by atoms with Crippen molar-refractivity contribution in [3.05, 3.63) is 81.3 Å². The van der Waals surface area contributed by atoms with Crippen molar-refractivity contribution < 1.29 is 31.9 Å². The SMILES string of the molecule is Cc1ccc(CNC(=O)c2nnc(CCC(F)Cn3cc(C(=O)NCc4cccc(OC(F)(F)F)c4)nn3)s2)cn1. The third kappa shape index (κ3) is 9.30. The van der Waals surface area contributed by atoms with Gasteiger partial charge in [-0.3, -0.25) is 14.6 Å². The Hall–Kier alpha value is -4.47. The number of aryl methyl sites for hydroxylation is 2. The summed E-state index contributed by atoms with van der Waals surface area (Å²) in [5, 5.41) is 21.2.